The van der Waals surface area contributed by atoms with E-state index in [1.54, 1.807) is 7.05 Å². The van der Waals surface area contributed by atoms with E-state index in [1.165, 1.54) is 38.5 Å². The average molecular weight is 226 g/mol. The molecular weight excluding hydrogens is 200 g/mol. The third-order valence-electron chi connectivity index (χ3n) is 3.66. The summed E-state index contributed by atoms with van der Waals surface area (Å²) in [6.07, 6.45) is 8.16. The van der Waals surface area contributed by atoms with E-state index in [0.717, 1.165) is 5.92 Å². The molecular formula is C13H26N2O. The molecule has 1 aliphatic carbocycles. The van der Waals surface area contributed by atoms with E-state index in [-0.39, 0.29) is 11.9 Å². The maximum Gasteiger partial charge on any atom is 0.236 e. The van der Waals surface area contributed by atoms with E-state index in [4.69, 9.17) is 0 Å². The molecule has 16 heavy (non-hydrogen) atoms. The Bertz CT molecular complexity index is 212. The molecule has 1 amide bonds. The number of carbonyl (C=O) groups is 1. The summed E-state index contributed by atoms with van der Waals surface area (Å²) in [6.45, 7) is 4.10. The molecule has 0 aromatic heterocycles. The first-order valence-corrected chi connectivity index (χ1v) is 6.61. The van der Waals surface area contributed by atoms with Crippen LogP contribution in [-0.2, 0) is 4.79 Å². The molecule has 94 valence electrons. The standard InChI is InChI=1S/C13H26N2O/c1-10(15-11(2)13(16)14-3)8-9-12-6-4-5-7-12/h10-12,15H,4-9H2,1-3H3,(H,14,16)/t10?,11-/m1/s1. The van der Waals surface area contributed by atoms with Crippen molar-refractivity contribution in [2.24, 2.45) is 5.92 Å². The molecule has 1 unspecified atom stereocenters. The van der Waals surface area contributed by atoms with E-state index < -0.39 is 0 Å². The maximum absolute atomic E-state index is 11.3. The summed E-state index contributed by atoms with van der Waals surface area (Å²) in [5.41, 5.74) is 0. The lowest BCUT2D eigenvalue weighted by molar-refractivity contribution is -0.122. The Morgan fingerprint density at radius 3 is 2.50 bits per heavy atom. The molecule has 2 N–H and O–H groups in total. The number of carbonyl (C=O) groups excluding carboxylic acids is 1. The van der Waals surface area contributed by atoms with Crippen molar-refractivity contribution in [1.29, 1.82) is 0 Å². The molecule has 3 heteroatoms. The first-order valence-electron chi connectivity index (χ1n) is 6.61. The fraction of sp³-hybridized carbons (Fsp3) is 0.923. The molecule has 0 aliphatic heterocycles. The Hall–Kier alpha value is -0.570. The van der Waals surface area contributed by atoms with Crippen LogP contribution in [0.3, 0.4) is 0 Å². The molecule has 0 spiro atoms. The first-order chi connectivity index (χ1) is 7.63. The molecule has 0 aromatic rings. The molecule has 0 radical (unpaired) electrons. The van der Waals surface area contributed by atoms with Crippen molar-refractivity contribution in [3.05, 3.63) is 0 Å². The summed E-state index contributed by atoms with van der Waals surface area (Å²) in [7, 11) is 1.68. The van der Waals surface area contributed by atoms with E-state index in [2.05, 4.69) is 17.6 Å². The summed E-state index contributed by atoms with van der Waals surface area (Å²) < 4.78 is 0. The minimum absolute atomic E-state index is 0.0766. The molecule has 1 rings (SSSR count). The molecule has 1 fully saturated rings. The third kappa shape index (κ3) is 4.52. The highest BCUT2D eigenvalue weighted by Crippen LogP contribution is 2.28. The van der Waals surface area contributed by atoms with E-state index >= 15 is 0 Å². The van der Waals surface area contributed by atoms with Gasteiger partial charge in [0.2, 0.25) is 5.91 Å². The highest BCUT2D eigenvalue weighted by molar-refractivity contribution is 5.80. The molecule has 0 saturated heterocycles. The summed E-state index contributed by atoms with van der Waals surface area (Å²) in [4.78, 5) is 11.3. The lowest BCUT2D eigenvalue weighted by Gasteiger charge is -2.20. The van der Waals surface area contributed by atoms with Gasteiger partial charge < -0.3 is 10.6 Å². The largest absolute Gasteiger partial charge is 0.358 e. The van der Waals surface area contributed by atoms with Crippen LogP contribution in [0.5, 0.6) is 0 Å². The van der Waals surface area contributed by atoms with E-state index in [9.17, 15) is 4.79 Å². The second kappa shape index (κ2) is 6.89. The van der Waals surface area contributed by atoms with Gasteiger partial charge in [-0.2, -0.15) is 0 Å². The molecule has 0 heterocycles. The van der Waals surface area contributed by atoms with E-state index in [0.29, 0.717) is 6.04 Å². The molecule has 2 atom stereocenters. The topological polar surface area (TPSA) is 41.1 Å². The van der Waals surface area contributed by atoms with Gasteiger partial charge in [-0.05, 0) is 32.6 Å². The highest BCUT2D eigenvalue weighted by Gasteiger charge is 2.17. The van der Waals surface area contributed by atoms with Gasteiger partial charge in [0, 0.05) is 13.1 Å². The van der Waals surface area contributed by atoms with Crippen molar-refractivity contribution in [3.8, 4) is 0 Å². The second-order valence-electron chi connectivity index (χ2n) is 5.13. The van der Waals surface area contributed by atoms with Crippen LogP contribution >= 0.6 is 0 Å². The van der Waals surface area contributed by atoms with Crippen LogP contribution in [0.15, 0.2) is 0 Å². The lowest BCUT2D eigenvalue weighted by atomic mass is 9.99. The van der Waals surface area contributed by atoms with Gasteiger partial charge >= 0.3 is 0 Å². The second-order valence-corrected chi connectivity index (χ2v) is 5.13. The summed E-state index contributed by atoms with van der Waals surface area (Å²) >= 11 is 0. The zero-order chi connectivity index (χ0) is 12.0. The number of hydrogen-bond donors (Lipinski definition) is 2. The predicted molar refractivity (Wildman–Crippen MR) is 67.3 cm³/mol. The summed E-state index contributed by atoms with van der Waals surface area (Å²) in [5, 5.41) is 6.01. The van der Waals surface area contributed by atoms with Crippen LogP contribution in [0, 0.1) is 5.92 Å². The minimum Gasteiger partial charge on any atom is -0.358 e. The van der Waals surface area contributed by atoms with Crippen molar-refractivity contribution < 1.29 is 4.79 Å². The van der Waals surface area contributed by atoms with Crippen LogP contribution < -0.4 is 10.6 Å². The van der Waals surface area contributed by atoms with Crippen LogP contribution in [-0.4, -0.2) is 25.0 Å². The summed E-state index contributed by atoms with van der Waals surface area (Å²) in [5.74, 6) is 1.02. The van der Waals surface area contributed by atoms with Gasteiger partial charge in [-0.3, -0.25) is 4.79 Å². The Labute approximate surface area is 99.4 Å². The quantitative estimate of drug-likeness (QED) is 0.728. The van der Waals surface area contributed by atoms with Crippen molar-refractivity contribution in [3.63, 3.8) is 0 Å². The molecule has 1 aliphatic rings. The first kappa shape index (κ1) is 13.5. The number of amides is 1. The smallest absolute Gasteiger partial charge is 0.236 e. The normalized spacial score (nSPS) is 20.7. The molecule has 1 saturated carbocycles. The lowest BCUT2D eigenvalue weighted by Crippen LogP contribution is -2.44. The van der Waals surface area contributed by atoms with Gasteiger partial charge in [0.15, 0.2) is 0 Å². The van der Waals surface area contributed by atoms with Crippen LogP contribution in [0.2, 0.25) is 0 Å². The molecule has 0 bridgehead atoms. The number of hydrogen-bond acceptors (Lipinski definition) is 2. The van der Waals surface area contributed by atoms with Gasteiger partial charge in [0.05, 0.1) is 6.04 Å². The fourth-order valence-corrected chi connectivity index (χ4v) is 2.59. The van der Waals surface area contributed by atoms with Gasteiger partial charge in [-0.1, -0.05) is 25.7 Å². The number of rotatable bonds is 6. The van der Waals surface area contributed by atoms with Crippen LogP contribution in [0.1, 0.15) is 52.4 Å². The fourth-order valence-electron chi connectivity index (χ4n) is 2.59. The van der Waals surface area contributed by atoms with Gasteiger partial charge in [0.25, 0.3) is 0 Å². The Kier molecular flexibility index (Phi) is 5.81. The Morgan fingerprint density at radius 1 is 1.31 bits per heavy atom. The number of nitrogens with one attached hydrogen (secondary N) is 2. The Balaban J connectivity index is 2.14. The van der Waals surface area contributed by atoms with Crippen LogP contribution in [0.4, 0.5) is 0 Å². The average Bonchev–Trinajstić information content (AvgIpc) is 2.78. The minimum atomic E-state index is -0.0800. The number of likely N-dealkylation sites (N-methyl/N-ethyl adjacent to an activating group) is 1. The van der Waals surface area contributed by atoms with Crippen molar-refractivity contribution >= 4 is 5.91 Å². The monoisotopic (exact) mass is 226 g/mol. The zero-order valence-corrected chi connectivity index (χ0v) is 10.9. The van der Waals surface area contributed by atoms with Crippen molar-refractivity contribution in [2.75, 3.05) is 7.05 Å². The maximum atomic E-state index is 11.3. The van der Waals surface area contributed by atoms with Crippen molar-refractivity contribution in [1.82, 2.24) is 10.6 Å². The van der Waals surface area contributed by atoms with Crippen molar-refractivity contribution in [2.45, 2.75) is 64.5 Å². The Morgan fingerprint density at radius 2 is 1.94 bits per heavy atom. The van der Waals surface area contributed by atoms with Gasteiger partial charge in [-0.15, -0.1) is 0 Å². The van der Waals surface area contributed by atoms with E-state index in [1.807, 2.05) is 6.92 Å². The molecule has 3 nitrogen and oxygen atoms in total. The third-order valence-corrected chi connectivity index (χ3v) is 3.66. The highest BCUT2D eigenvalue weighted by atomic mass is 16.2. The SMILES string of the molecule is CNC(=O)[C@@H](C)NC(C)CCC1CCCC1. The van der Waals surface area contributed by atoms with Gasteiger partial charge in [0.1, 0.15) is 0 Å². The summed E-state index contributed by atoms with van der Waals surface area (Å²) in [6, 6.07) is 0.358. The van der Waals surface area contributed by atoms with Crippen LogP contribution in [0.25, 0.3) is 0 Å². The predicted octanol–water partition coefficient (Wildman–Crippen LogP) is 2.07. The van der Waals surface area contributed by atoms with Gasteiger partial charge in [-0.25, -0.2) is 0 Å². The zero-order valence-electron chi connectivity index (χ0n) is 10.9. The molecule has 0 aromatic carbocycles.